The Balaban J connectivity index is 1.77. The van der Waals surface area contributed by atoms with Crippen LogP contribution in [0.25, 0.3) is 10.9 Å². The van der Waals surface area contributed by atoms with E-state index in [4.69, 9.17) is 5.11 Å². The molecule has 8 nitrogen and oxygen atoms in total. The van der Waals surface area contributed by atoms with Gasteiger partial charge in [0.1, 0.15) is 0 Å². The van der Waals surface area contributed by atoms with Gasteiger partial charge in [0, 0.05) is 38.6 Å². The second-order valence-corrected chi connectivity index (χ2v) is 5.38. The van der Waals surface area contributed by atoms with Crippen LogP contribution in [0.5, 0.6) is 0 Å². The SMILES string of the molecule is Cn1nc(C(=O)N2CCN(C(=O)C(=O)O)CC2)c2ccccc21. The van der Waals surface area contributed by atoms with Crippen molar-refractivity contribution in [3.8, 4) is 0 Å². The fraction of sp³-hybridized carbons (Fsp3) is 0.333. The fourth-order valence-electron chi connectivity index (χ4n) is 2.77. The number of fused-ring (bicyclic) bond motifs is 1. The summed E-state index contributed by atoms with van der Waals surface area (Å²) in [5.74, 6) is -2.61. The molecule has 3 rings (SSSR count). The molecule has 2 aromatic rings. The quantitative estimate of drug-likeness (QED) is 0.744. The van der Waals surface area contributed by atoms with Crippen LogP contribution < -0.4 is 0 Å². The van der Waals surface area contributed by atoms with E-state index in [9.17, 15) is 14.4 Å². The van der Waals surface area contributed by atoms with Crippen LogP contribution in [0.1, 0.15) is 10.5 Å². The third-order valence-corrected chi connectivity index (χ3v) is 4.00. The average Bonchev–Trinajstić information content (AvgIpc) is 2.91. The number of aliphatic carboxylic acids is 1. The number of rotatable bonds is 1. The van der Waals surface area contributed by atoms with E-state index in [1.807, 2.05) is 24.3 Å². The summed E-state index contributed by atoms with van der Waals surface area (Å²) >= 11 is 0. The van der Waals surface area contributed by atoms with Crippen molar-refractivity contribution in [3.63, 3.8) is 0 Å². The summed E-state index contributed by atoms with van der Waals surface area (Å²) in [6, 6.07) is 7.47. The third kappa shape index (κ3) is 2.63. The zero-order valence-electron chi connectivity index (χ0n) is 12.6. The number of hydrogen-bond donors (Lipinski definition) is 1. The number of carbonyl (C=O) groups is 3. The number of nitrogens with zero attached hydrogens (tertiary/aromatic N) is 4. The molecule has 2 amide bonds. The fourth-order valence-corrected chi connectivity index (χ4v) is 2.77. The molecule has 0 bridgehead atoms. The Morgan fingerprint density at radius 3 is 2.30 bits per heavy atom. The molecule has 0 aliphatic carbocycles. The Bertz CT molecular complexity index is 790. The highest BCUT2D eigenvalue weighted by Gasteiger charge is 2.29. The van der Waals surface area contributed by atoms with Gasteiger partial charge in [-0.3, -0.25) is 14.3 Å². The smallest absolute Gasteiger partial charge is 0.394 e. The van der Waals surface area contributed by atoms with Crippen LogP contribution >= 0.6 is 0 Å². The topological polar surface area (TPSA) is 95.7 Å². The molecule has 1 aliphatic rings. The molecular weight excluding hydrogens is 300 g/mol. The molecule has 1 N–H and O–H groups in total. The second-order valence-electron chi connectivity index (χ2n) is 5.38. The first kappa shape index (κ1) is 15.0. The maximum absolute atomic E-state index is 12.7. The lowest BCUT2D eigenvalue weighted by atomic mass is 10.2. The van der Waals surface area contributed by atoms with Gasteiger partial charge in [-0.15, -0.1) is 0 Å². The Hall–Kier alpha value is -2.90. The Kier molecular flexibility index (Phi) is 3.73. The Morgan fingerprint density at radius 1 is 1.04 bits per heavy atom. The van der Waals surface area contributed by atoms with Crippen LogP contribution in [0, 0.1) is 0 Å². The molecule has 1 aromatic heterocycles. The van der Waals surface area contributed by atoms with E-state index in [0.717, 1.165) is 10.9 Å². The van der Waals surface area contributed by atoms with Crippen molar-refractivity contribution in [1.82, 2.24) is 19.6 Å². The van der Waals surface area contributed by atoms with E-state index >= 15 is 0 Å². The number of carboxylic acids is 1. The van der Waals surface area contributed by atoms with Crippen LogP contribution in [0.15, 0.2) is 24.3 Å². The van der Waals surface area contributed by atoms with E-state index < -0.39 is 11.9 Å². The van der Waals surface area contributed by atoms with Crippen molar-refractivity contribution < 1.29 is 19.5 Å². The molecule has 0 spiro atoms. The van der Waals surface area contributed by atoms with Crippen molar-refractivity contribution in [3.05, 3.63) is 30.0 Å². The van der Waals surface area contributed by atoms with Gasteiger partial charge in [-0.2, -0.15) is 5.10 Å². The van der Waals surface area contributed by atoms with E-state index in [0.29, 0.717) is 18.8 Å². The van der Waals surface area contributed by atoms with Crippen LogP contribution in [0.3, 0.4) is 0 Å². The number of aromatic nitrogens is 2. The van der Waals surface area contributed by atoms with E-state index in [-0.39, 0.29) is 19.0 Å². The van der Waals surface area contributed by atoms with Gasteiger partial charge < -0.3 is 14.9 Å². The summed E-state index contributed by atoms with van der Waals surface area (Å²) < 4.78 is 1.66. The van der Waals surface area contributed by atoms with Gasteiger partial charge >= 0.3 is 11.9 Å². The van der Waals surface area contributed by atoms with E-state index in [2.05, 4.69) is 5.10 Å². The molecule has 0 radical (unpaired) electrons. The maximum Gasteiger partial charge on any atom is 0.394 e. The molecule has 2 heterocycles. The van der Waals surface area contributed by atoms with Crippen LogP contribution in [-0.4, -0.2) is 68.6 Å². The van der Waals surface area contributed by atoms with Gasteiger partial charge in [-0.25, -0.2) is 4.79 Å². The monoisotopic (exact) mass is 316 g/mol. The molecule has 8 heteroatoms. The van der Waals surface area contributed by atoms with Gasteiger partial charge in [0.05, 0.1) is 5.52 Å². The van der Waals surface area contributed by atoms with E-state index in [1.165, 1.54) is 4.90 Å². The zero-order chi connectivity index (χ0) is 16.6. The highest BCUT2D eigenvalue weighted by atomic mass is 16.4. The third-order valence-electron chi connectivity index (χ3n) is 4.00. The summed E-state index contributed by atoms with van der Waals surface area (Å²) in [5.41, 5.74) is 1.25. The Morgan fingerprint density at radius 2 is 1.65 bits per heavy atom. The van der Waals surface area contributed by atoms with Crippen molar-refractivity contribution in [2.45, 2.75) is 0 Å². The van der Waals surface area contributed by atoms with Gasteiger partial charge in [0.2, 0.25) is 0 Å². The molecule has 120 valence electrons. The summed E-state index contributed by atoms with van der Waals surface area (Å²) in [7, 11) is 1.78. The van der Waals surface area contributed by atoms with Crippen molar-refractivity contribution in [2.75, 3.05) is 26.2 Å². The van der Waals surface area contributed by atoms with Gasteiger partial charge in [0.15, 0.2) is 5.69 Å². The minimum atomic E-state index is -1.47. The summed E-state index contributed by atoms with van der Waals surface area (Å²) in [6.07, 6.45) is 0. The zero-order valence-corrected chi connectivity index (χ0v) is 12.6. The number of carbonyl (C=O) groups excluding carboxylic acids is 2. The molecular formula is C15H16N4O4. The maximum atomic E-state index is 12.7. The van der Waals surface area contributed by atoms with Crippen molar-refractivity contribution in [1.29, 1.82) is 0 Å². The highest BCUT2D eigenvalue weighted by molar-refractivity contribution is 6.31. The number of amides is 2. The highest BCUT2D eigenvalue weighted by Crippen LogP contribution is 2.19. The first-order valence-electron chi connectivity index (χ1n) is 7.22. The second kappa shape index (κ2) is 5.71. The first-order valence-corrected chi connectivity index (χ1v) is 7.22. The van der Waals surface area contributed by atoms with Gasteiger partial charge in [-0.1, -0.05) is 18.2 Å². The number of hydrogen-bond acceptors (Lipinski definition) is 4. The van der Waals surface area contributed by atoms with Crippen molar-refractivity contribution >= 4 is 28.7 Å². The summed E-state index contributed by atoms with van der Waals surface area (Å²) in [4.78, 5) is 37.6. The standard InChI is InChI=1S/C15H16N4O4/c1-17-11-5-3-2-4-10(11)12(16-17)13(20)18-6-8-19(9-7-18)14(21)15(22)23/h2-5H,6-9H2,1H3,(H,22,23). The van der Waals surface area contributed by atoms with Crippen LogP contribution in [0.2, 0.25) is 0 Å². The van der Waals surface area contributed by atoms with Crippen molar-refractivity contribution in [2.24, 2.45) is 7.05 Å². The molecule has 0 atom stereocenters. The first-order chi connectivity index (χ1) is 11.0. The molecule has 23 heavy (non-hydrogen) atoms. The predicted octanol–water partition coefficient (Wildman–Crippen LogP) is -0.0577. The lowest BCUT2D eigenvalue weighted by molar-refractivity contribution is -0.156. The summed E-state index contributed by atoms with van der Waals surface area (Å²) in [6.45, 7) is 1.01. The normalized spacial score (nSPS) is 15.0. The Labute approximate surface area is 131 Å². The minimum Gasteiger partial charge on any atom is -0.474 e. The predicted molar refractivity (Wildman–Crippen MR) is 80.8 cm³/mol. The molecule has 1 saturated heterocycles. The minimum absolute atomic E-state index is 0.204. The number of piperazine rings is 1. The van der Waals surface area contributed by atoms with E-state index in [1.54, 1.807) is 16.6 Å². The van der Waals surface area contributed by atoms with Gasteiger partial charge in [-0.05, 0) is 6.07 Å². The number of benzene rings is 1. The lowest BCUT2D eigenvalue weighted by Gasteiger charge is -2.33. The van der Waals surface area contributed by atoms with Crippen LogP contribution in [-0.2, 0) is 16.6 Å². The molecule has 1 aromatic carbocycles. The number of aryl methyl sites for hydroxylation is 1. The molecule has 0 unspecified atom stereocenters. The average molecular weight is 316 g/mol. The van der Waals surface area contributed by atoms with Crippen LogP contribution in [0.4, 0.5) is 0 Å². The molecule has 1 aliphatic heterocycles. The number of para-hydroxylation sites is 1. The number of carboxylic acid groups (broad SMARTS) is 1. The summed E-state index contributed by atoms with van der Waals surface area (Å²) in [5, 5.41) is 13.8. The molecule has 1 fully saturated rings. The van der Waals surface area contributed by atoms with Gasteiger partial charge in [0.25, 0.3) is 5.91 Å². The lowest BCUT2D eigenvalue weighted by Crippen LogP contribution is -2.52. The largest absolute Gasteiger partial charge is 0.474 e. The molecule has 0 saturated carbocycles.